The fraction of sp³-hybridized carbons (Fsp3) is 0.158. The van der Waals surface area contributed by atoms with Gasteiger partial charge in [0.25, 0.3) is 5.91 Å². The first-order valence-corrected chi connectivity index (χ1v) is 7.88. The SMILES string of the molecule is O=C1c2cc(-c3ccc(F)cc3)nn2CCN1Cc1ccccc1. The Morgan fingerprint density at radius 1 is 1.00 bits per heavy atom. The highest BCUT2D eigenvalue weighted by Crippen LogP contribution is 2.23. The highest BCUT2D eigenvalue weighted by atomic mass is 19.1. The van der Waals surface area contributed by atoms with Crippen molar-refractivity contribution in [1.29, 1.82) is 0 Å². The van der Waals surface area contributed by atoms with E-state index < -0.39 is 0 Å². The number of fused-ring (bicyclic) bond motifs is 1. The van der Waals surface area contributed by atoms with Crippen LogP contribution in [0.5, 0.6) is 0 Å². The van der Waals surface area contributed by atoms with Gasteiger partial charge in [-0.25, -0.2) is 4.39 Å². The molecule has 4 nitrogen and oxygen atoms in total. The number of benzene rings is 2. The van der Waals surface area contributed by atoms with Crippen LogP contribution in [0.25, 0.3) is 11.3 Å². The number of aromatic nitrogens is 2. The van der Waals surface area contributed by atoms with Gasteiger partial charge in [0.2, 0.25) is 0 Å². The molecular weight excluding hydrogens is 305 g/mol. The maximum absolute atomic E-state index is 13.1. The lowest BCUT2D eigenvalue weighted by Gasteiger charge is -2.27. The molecule has 0 N–H and O–H groups in total. The molecule has 5 heteroatoms. The summed E-state index contributed by atoms with van der Waals surface area (Å²) >= 11 is 0. The van der Waals surface area contributed by atoms with Gasteiger partial charge in [-0.3, -0.25) is 9.48 Å². The number of rotatable bonds is 3. The monoisotopic (exact) mass is 321 g/mol. The molecule has 1 aliphatic heterocycles. The van der Waals surface area contributed by atoms with Crippen LogP contribution in [-0.4, -0.2) is 27.1 Å². The summed E-state index contributed by atoms with van der Waals surface area (Å²) in [4.78, 5) is 14.6. The van der Waals surface area contributed by atoms with Crippen molar-refractivity contribution < 1.29 is 9.18 Å². The van der Waals surface area contributed by atoms with Gasteiger partial charge in [-0.05, 0) is 35.9 Å². The molecule has 0 atom stereocenters. The molecule has 4 rings (SSSR count). The lowest BCUT2D eigenvalue weighted by molar-refractivity contribution is 0.0683. The highest BCUT2D eigenvalue weighted by molar-refractivity contribution is 5.94. The summed E-state index contributed by atoms with van der Waals surface area (Å²) < 4.78 is 14.8. The number of hydrogen-bond donors (Lipinski definition) is 0. The van der Waals surface area contributed by atoms with Gasteiger partial charge in [-0.1, -0.05) is 30.3 Å². The largest absolute Gasteiger partial charge is 0.331 e. The molecule has 1 amide bonds. The summed E-state index contributed by atoms with van der Waals surface area (Å²) in [5, 5.41) is 4.49. The van der Waals surface area contributed by atoms with E-state index in [1.807, 2.05) is 35.2 Å². The Labute approximate surface area is 139 Å². The molecule has 2 heterocycles. The minimum atomic E-state index is -0.284. The Bertz CT molecular complexity index is 871. The average molecular weight is 321 g/mol. The summed E-state index contributed by atoms with van der Waals surface area (Å²) in [6.07, 6.45) is 0. The van der Waals surface area contributed by atoms with Crippen LogP contribution < -0.4 is 0 Å². The molecule has 0 unspecified atom stereocenters. The molecule has 0 saturated carbocycles. The Morgan fingerprint density at radius 3 is 2.50 bits per heavy atom. The lowest BCUT2D eigenvalue weighted by atomic mass is 10.1. The molecule has 0 bridgehead atoms. The maximum atomic E-state index is 13.1. The summed E-state index contributed by atoms with van der Waals surface area (Å²) in [5.41, 5.74) is 3.19. The van der Waals surface area contributed by atoms with E-state index in [1.54, 1.807) is 22.9 Å². The third-order valence-corrected chi connectivity index (χ3v) is 4.22. The molecule has 3 aromatic rings. The van der Waals surface area contributed by atoms with Gasteiger partial charge in [0.05, 0.1) is 12.2 Å². The number of carbonyl (C=O) groups is 1. The zero-order chi connectivity index (χ0) is 16.5. The Kier molecular flexibility index (Phi) is 3.61. The minimum Gasteiger partial charge on any atom is -0.331 e. The number of hydrogen-bond acceptors (Lipinski definition) is 2. The van der Waals surface area contributed by atoms with E-state index in [4.69, 9.17) is 0 Å². The van der Waals surface area contributed by atoms with Crippen LogP contribution in [0.1, 0.15) is 16.1 Å². The van der Waals surface area contributed by atoms with Crippen molar-refractivity contribution >= 4 is 5.91 Å². The van der Waals surface area contributed by atoms with Crippen molar-refractivity contribution in [1.82, 2.24) is 14.7 Å². The van der Waals surface area contributed by atoms with Crippen LogP contribution in [0.2, 0.25) is 0 Å². The first kappa shape index (κ1) is 14.6. The molecule has 24 heavy (non-hydrogen) atoms. The van der Waals surface area contributed by atoms with Crippen molar-refractivity contribution in [3.8, 4) is 11.3 Å². The fourth-order valence-electron chi connectivity index (χ4n) is 2.95. The molecule has 120 valence electrons. The second kappa shape index (κ2) is 5.92. The summed E-state index contributed by atoms with van der Waals surface area (Å²) in [6.45, 7) is 1.89. The Balaban J connectivity index is 1.60. The van der Waals surface area contributed by atoms with Gasteiger partial charge in [0, 0.05) is 18.7 Å². The number of amides is 1. The lowest BCUT2D eigenvalue weighted by Crippen LogP contribution is -2.39. The van der Waals surface area contributed by atoms with Crippen LogP contribution >= 0.6 is 0 Å². The molecule has 0 aliphatic carbocycles. The molecular formula is C19H16FN3O. The number of carbonyl (C=O) groups excluding carboxylic acids is 1. The number of nitrogens with zero attached hydrogens (tertiary/aromatic N) is 3. The standard InChI is InChI=1S/C19H16FN3O/c20-16-8-6-15(7-9-16)17-12-18-19(24)22(10-11-23(18)21-17)13-14-4-2-1-3-5-14/h1-9,12H,10-11,13H2. The molecule has 0 saturated heterocycles. The van der Waals surface area contributed by atoms with E-state index in [0.29, 0.717) is 31.0 Å². The summed E-state index contributed by atoms with van der Waals surface area (Å²) in [5.74, 6) is -0.307. The van der Waals surface area contributed by atoms with E-state index in [-0.39, 0.29) is 11.7 Å². The van der Waals surface area contributed by atoms with E-state index in [0.717, 1.165) is 11.1 Å². The quantitative estimate of drug-likeness (QED) is 0.742. The highest BCUT2D eigenvalue weighted by Gasteiger charge is 2.26. The third kappa shape index (κ3) is 2.69. The van der Waals surface area contributed by atoms with Gasteiger partial charge in [0.15, 0.2) is 0 Å². The van der Waals surface area contributed by atoms with Crippen molar-refractivity contribution in [2.45, 2.75) is 13.1 Å². The molecule has 0 spiro atoms. The van der Waals surface area contributed by atoms with Gasteiger partial charge >= 0.3 is 0 Å². The van der Waals surface area contributed by atoms with Gasteiger partial charge in [-0.15, -0.1) is 0 Å². The van der Waals surface area contributed by atoms with E-state index in [2.05, 4.69) is 5.10 Å². The molecule has 1 aromatic heterocycles. The summed E-state index contributed by atoms with van der Waals surface area (Å²) in [6, 6.07) is 17.9. The first-order chi connectivity index (χ1) is 11.7. The van der Waals surface area contributed by atoms with Crippen molar-refractivity contribution in [3.05, 3.63) is 77.7 Å². The molecule has 0 radical (unpaired) electrons. The van der Waals surface area contributed by atoms with Crippen molar-refractivity contribution in [2.75, 3.05) is 6.54 Å². The molecule has 2 aromatic carbocycles. The van der Waals surface area contributed by atoms with Crippen LogP contribution in [0.15, 0.2) is 60.7 Å². The van der Waals surface area contributed by atoms with Crippen LogP contribution in [0.4, 0.5) is 4.39 Å². The van der Waals surface area contributed by atoms with Crippen molar-refractivity contribution in [3.63, 3.8) is 0 Å². The fourth-order valence-corrected chi connectivity index (χ4v) is 2.95. The second-order valence-corrected chi connectivity index (χ2v) is 5.86. The van der Waals surface area contributed by atoms with Gasteiger partial charge in [0.1, 0.15) is 11.5 Å². The normalized spacial score (nSPS) is 13.9. The minimum absolute atomic E-state index is 0.0223. The topological polar surface area (TPSA) is 38.1 Å². The van der Waals surface area contributed by atoms with E-state index in [1.165, 1.54) is 12.1 Å². The maximum Gasteiger partial charge on any atom is 0.272 e. The number of halogens is 1. The van der Waals surface area contributed by atoms with Crippen LogP contribution in [0, 0.1) is 5.82 Å². The predicted octanol–water partition coefficient (Wildman–Crippen LogP) is 3.35. The van der Waals surface area contributed by atoms with E-state index in [9.17, 15) is 9.18 Å². The smallest absolute Gasteiger partial charge is 0.272 e. The van der Waals surface area contributed by atoms with Gasteiger partial charge < -0.3 is 4.90 Å². The summed E-state index contributed by atoms with van der Waals surface area (Å²) in [7, 11) is 0. The first-order valence-electron chi connectivity index (χ1n) is 7.88. The van der Waals surface area contributed by atoms with E-state index >= 15 is 0 Å². The Morgan fingerprint density at radius 2 is 1.75 bits per heavy atom. The predicted molar refractivity (Wildman–Crippen MR) is 88.8 cm³/mol. The van der Waals surface area contributed by atoms with Crippen LogP contribution in [-0.2, 0) is 13.1 Å². The zero-order valence-electron chi connectivity index (χ0n) is 13.0. The zero-order valence-corrected chi connectivity index (χ0v) is 13.0. The van der Waals surface area contributed by atoms with Crippen molar-refractivity contribution in [2.24, 2.45) is 0 Å². The third-order valence-electron chi connectivity index (χ3n) is 4.22. The molecule has 0 fully saturated rings. The Hall–Kier alpha value is -2.95. The van der Waals surface area contributed by atoms with Gasteiger partial charge in [-0.2, -0.15) is 5.10 Å². The van der Waals surface area contributed by atoms with Crippen LogP contribution in [0.3, 0.4) is 0 Å². The molecule has 1 aliphatic rings. The second-order valence-electron chi connectivity index (χ2n) is 5.86. The average Bonchev–Trinajstić information content (AvgIpc) is 3.04.